The zero-order valence-electron chi connectivity index (χ0n) is 12.4. The summed E-state index contributed by atoms with van der Waals surface area (Å²) in [7, 11) is 0. The van der Waals surface area contributed by atoms with Gasteiger partial charge in [-0.15, -0.1) is 0 Å². The van der Waals surface area contributed by atoms with Gasteiger partial charge in [-0.25, -0.2) is 4.98 Å². The molecule has 0 atom stereocenters. The molecule has 4 aromatic rings. The van der Waals surface area contributed by atoms with Crippen LogP contribution in [-0.4, -0.2) is 15.0 Å². The van der Waals surface area contributed by atoms with Crippen LogP contribution < -0.4 is 4.74 Å². The third-order valence-corrected chi connectivity index (χ3v) is 3.60. The minimum Gasteiger partial charge on any atom is -0.473 e. The molecule has 2 heterocycles. The Bertz CT molecular complexity index is 917. The van der Waals surface area contributed by atoms with Crippen molar-refractivity contribution in [2.75, 3.05) is 0 Å². The maximum atomic E-state index is 5.75. The van der Waals surface area contributed by atoms with Crippen LogP contribution in [0.25, 0.3) is 22.6 Å². The molecule has 4 rings (SSSR count). The number of fused-ring (bicyclic) bond motifs is 1. The van der Waals surface area contributed by atoms with Gasteiger partial charge in [-0.3, -0.25) is 0 Å². The van der Waals surface area contributed by atoms with E-state index in [1.54, 1.807) is 0 Å². The molecule has 2 aromatic heterocycles. The number of pyridine rings is 1. The quantitative estimate of drug-likeness (QED) is 0.614. The SMILES string of the molecule is c1ccc(COc2ccc3[nH]c(-c4ccccc4)nc3n2)cc1. The van der Waals surface area contributed by atoms with Crippen LogP contribution in [0.3, 0.4) is 0 Å². The molecule has 0 bridgehead atoms. The van der Waals surface area contributed by atoms with Gasteiger partial charge in [0.05, 0.1) is 5.52 Å². The number of nitrogens with zero attached hydrogens (tertiary/aromatic N) is 2. The second-order valence-corrected chi connectivity index (χ2v) is 5.25. The third kappa shape index (κ3) is 2.92. The molecule has 0 spiro atoms. The molecular weight excluding hydrogens is 286 g/mol. The van der Waals surface area contributed by atoms with E-state index in [2.05, 4.69) is 15.0 Å². The van der Waals surface area contributed by atoms with Gasteiger partial charge >= 0.3 is 0 Å². The van der Waals surface area contributed by atoms with E-state index in [1.165, 1.54) is 0 Å². The van der Waals surface area contributed by atoms with Crippen molar-refractivity contribution in [3.05, 3.63) is 78.4 Å². The lowest BCUT2D eigenvalue weighted by atomic mass is 10.2. The highest BCUT2D eigenvalue weighted by Crippen LogP contribution is 2.21. The first kappa shape index (κ1) is 13.5. The summed E-state index contributed by atoms with van der Waals surface area (Å²) in [6, 6.07) is 23.8. The van der Waals surface area contributed by atoms with Crippen molar-refractivity contribution in [2.24, 2.45) is 0 Å². The van der Waals surface area contributed by atoms with E-state index in [0.29, 0.717) is 18.1 Å². The molecule has 4 heteroatoms. The van der Waals surface area contributed by atoms with Crippen LogP contribution in [0.2, 0.25) is 0 Å². The van der Waals surface area contributed by atoms with Crippen molar-refractivity contribution >= 4 is 11.2 Å². The Balaban J connectivity index is 1.58. The van der Waals surface area contributed by atoms with Gasteiger partial charge in [-0.2, -0.15) is 4.98 Å². The predicted octanol–water partition coefficient (Wildman–Crippen LogP) is 4.20. The Kier molecular flexibility index (Phi) is 3.48. The van der Waals surface area contributed by atoms with Crippen LogP contribution in [-0.2, 0) is 6.61 Å². The largest absolute Gasteiger partial charge is 0.473 e. The molecule has 112 valence electrons. The standard InChI is InChI=1S/C19H15N3O/c1-3-7-14(8-4-1)13-23-17-12-11-16-19(21-17)22-18(20-16)15-9-5-2-6-10-15/h1-12H,13H2,(H,20,21,22). The minimum atomic E-state index is 0.495. The maximum Gasteiger partial charge on any atom is 0.215 e. The van der Waals surface area contributed by atoms with Gasteiger partial charge in [-0.1, -0.05) is 60.7 Å². The van der Waals surface area contributed by atoms with E-state index >= 15 is 0 Å². The molecule has 0 aliphatic heterocycles. The van der Waals surface area contributed by atoms with E-state index in [4.69, 9.17) is 4.74 Å². The molecule has 0 amide bonds. The smallest absolute Gasteiger partial charge is 0.215 e. The molecule has 0 unspecified atom stereocenters. The topological polar surface area (TPSA) is 50.8 Å². The summed E-state index contributed by atoms with van der Waals surface area (Å²) in [6.07, 6.45) is 0. The van der Waals surface area contributed by atoms with Crippen LogP contribution in [0.4, 0.5) is 0 Å². The fourth-order valence-electron chi connectivity index (χ4n) is 2.42. The van der Waals surface area contributed by atoms with Gasteiger partial charge in [0.2, 0.25) is 5.88 Å². The van der Waals surface area contributed by atoms with Crippen molar-refractivity contribution in [3.63, 3.8) is 0 Å². The normalized spacial score (nSPS) is 10.8. The van der Waals surface area contributed by atoms with Gasteiger partial charge in [-0.05, 0) is 11.6 Å². The average molecular weight is 301 g/mol. The Hall–Kier alpha value is -3.14. The number of ether oxygens (including phenoxy) is 1. The number of hydrogen-bond donors (Lipinski definition) is 1. The molecular formula is C19H15N3O. The van der Waals surface area contributed by atoms with Gasteiger partial charge in [0.1, 0.15) is 12.4 Å². The first-order chi connectivity index (χ1) is 11.4. The first-order valence-electron chi connectivity index (χ1n) is 7.47. The van der Waals surface area contributed by atoms with E-state index in [9.17, 15) is 0 Å². The number of aromatic nitrogens is 3. The van der Waals surface area contributed by atoms with E-state index in [0.717, 1.165) is 22.5 Å². The Morgan fingerprint density at radius 3 is 2.30 bits per heavy atom. The van der Waals surface area contributed by atoms with Gasteiger partial charge < -0.3 is 9.72 Å². The van der Waals surface area contributed by atoms with Crippen LogP contribution in [0.15, 0.2) is 72.8 Å². The van der Waals surface area contributed by atoms with Crippen LogP contribution in [0.5, 0.6) is 5.88 Å². The fraction of sp³-hybridized carbons (Fsp3) is 0.0526. The van der Waals surface area contributed by atoms with Crippen molar-refractivity contribution in [2.45, 2.75) is 6.61 Å². The summed E-state index contributed by atoms with van der Waals surface area (Å²) >= 11 is 0. The summed E-state index contributed by atoms with van der Waals surface area (Å²) in [6.45, 7) is 0.495. The highest BCUT2D eigenvalue weighted by molar-refractivity contribution is 5.76. The Labute approximate surface area is 133 Å². The minimum absolute atomic E-state index is 0.495. The second-order valence-electron chi connectivity index (χ2n) is 5.25. The van der Waals surface area contributed by atoms with E-state index < -0.39 is 0 Å². The molecule has 0 saturated carbocycles. The zero-order chi connectivity index (χ0) is 15.5. The van der Waals surface area contributed by atoms with Crippen molar-refractivity contribution in [3.8, 4) is 17.3 Å². The Morgan fingerprint density at radius 2 is 1.52 bits per heavy atom. The Morgan fingerprint density at radius 1 is 0.783 bits per heavy atom. The number of hydrogen-bond acceptors (Lipinski definition) is 3. The van der Waals surface area contributed by atoms with Gasteiger partial charge in [0.25, 0.3) is 0 Å². The highest BCUT2D eigenvalue weighted by atomic mass is 16.5. The first-order valence-corrected chi connectivity index (χ1v) is 7.47. The number of nitrogens with one attached hydrogen (secondary N) is 1. The molecule has 0 fully saturated rings. The molecule has 2 aromatic carbocycles. The monoisotopic (exact) mass is 301 g/mol. The zero-order valence-corrected chi connectivity index (χ0v) is 12.4. The molecule has 23 heavy (non-hydrogen) atoms. The summed E-state index contributed by atoms with van der Waals surface area (Å²) in [5.74, 6) is 1.39. The number of aromatic amines is 1. The molecule has 1 N–H and O–H groups in total. The van der Waals surface area contributed by atoms with Crippen molar-refractivity contribution < 1.29 is 4.74 Å². The average Bonchev–Trinajstić information content (AvgIpc) is 3.05. The third-order valence-electron chi connectivity index (χ3n) is 3.60. The summed E-state index contributed by atoms with van der Waals surface area (Å²) in [5.41, 5.74) is 3.71. The number of rotatable bonds is 4. The molecule has 0 radical (unpaired) electrons. The van der Waals surface area contributed by atoms with Crippen LogP contribution >= 0.6 is 0 Å². The summed E-state index contributed by atoms with van der Waals surface area (Å²) in [5, 5.41) is 0. The number of benzene rings is 2. The van der Waals surface area contributed by atoms with Crippen LogP contribution in [0.1, 0.15) is 5.56 Å². The van der Waals surface area contributed by atoms with E-state index in [-0.39, 0.29) is 0 Å². The summed E-state index contributed by atoms with van der Waals surface area (Å²) in [4.78, 5) is 12.3. The highest BCUT2D eigenvalue weighted by Gasteiger charge is 2.07. The van der Waals surface area contributed by atoms with E-state index in [1.807, 2.05) is 72.8 Å². The van der Waals surface area contributed by atoms with Crippen LogP contribution in [0, 0.1) is 0 Å². The predicted molar refractivity (Wildman–Crippen MR) is 90.1 cm³/mol. The lowest BCUT2D eigenvalue weighted by Gasteiger charge is -2.04. The van der Waals surface area contributed by atoms with Crippen molar-refractivity contribution in [1.29, 1.82) is 0 Å². The lowest BCUT2D eigenvalue weighted by molar-refractivity contribution is 0.295. The fourth-order valence-corrected chi connectivity index (χ4v) is 2.42. The molecule has 4 nitrogen and oxygen atoms in total. The summed E-state index contributed by atoms with van der Waals surface area (Å²) < 4.78 is 5.75. The second kappa shape index (κ2) is 5.93. The number of imidazole rings is 1. The molecule has 0 aliphatic rings. The lowest BCUT2D eigenvalue weighted by Crippen LogP contribution is -1.96. The van der Waals surface area contributed by atoms with Crippen molar-refractivity contribution in [1.82, 2.24) is 15.0 Å². The van der Waals surface area contributed by atoms with Gasteiger partial charge in [0.15, 0.2) is 5.65 Å². The maximum absolute atomic E-state index is 5.75. The van der Waals surface area contributed by atoms with Gasteiger partial charge in [0, 0.05) is 11.6 Å². The number of H-pyrrole nitrogens is 1. The molecule has 0 aliphatic carbocycles. The molecule has 0 saturated heterocycles.